The number of ketones is 1. The van der Waals surface area contributed by atoms with Gasteiger partial charge < -0.3 is 14.8 Å². The first-order valence-electron chi connectivity index (χ1n) is 9.69. The highest BCUT2D eigenvalue weighted by atomic mass is 32.2. The number of nitrogens with one attached hydrogen (secondary N) is 1. The number of Topliss-reactive ketones (excluding diaryl/α,β-unsaturated/α-hetero) is 1. The van der Waals surface area contributed by atoms with E-state index in [4.69, 9.17) is 9.47 Å². The minimum Gasteiger partial charge on any atom is -0.497 e. The number of aryl methyl sites for hydroxylation is 1. The van der Waals surface area contributed by atoms with Crippen molar-refractivity contribution in [1.29, 1.82) is 0 Å². The molecule has 0 fully saturated rings. The number of ether oxygens (including phenoxy) is 2. The van der Waals surface area contributed by atoms with Gasteiger partial charge in [0.15, 0.2) is 5.78 Å². The van der Waals surface area contributed by atoms with Gasteiger partial charge in [0.1, 0.15) is 11.5 Å². The van der Waals surface area contributed by atoms with Crippen LogP contribution >= 0.6 is 11.8 Å². The number of methoxy groups -OCH3 is 1. The van der Waals surface area contributed by atoms with Crippen LogP contribution in [0.1, 0.15) is 42.6 Å². The number of benzene rings is 2. The third-order valence-corrected chi connectivity index (χ3v) is 5.37. The largest absolute Gasteiger partial charge is 0.497 e. The molecule has 6 heteroatoms. The van der Waals surface area contributed by atoms with Crippen LogP contribution in [-0.2, 0) is 11.2 Å². The van der Waals surface area contributed by atoms with Gasteiger partial charge in [-0.25, -0.2) is 0 Å². The van der Waals surface area contributed by atoms with Gasteiger partial charge >= 0.3 is 5.97 Å². The molecule has 0 heterocycles. The van der Waals surface area contributed by atoms with Gasteiger partial charge in [-0.1, -0.05) is 12.1 Å². The third-order valence-electron chi connectivity index (χ3n) is 4.61. The van der Waals surface area contributed by atoms with Crippen LogP contribution in [0.2, 0.25) is 0 Å². The van der Waals surface area contributed by atoms with Gasteiger partial charge in [-0.05, 0) is 68.3 Å². The second kappa shape index (κ2) is 11.6. The quantitative estimate of drug-likeness (QED) is 0.252. The van der Waals surface area contributed by atoms with Crippen molar-refractivity contribution in [3.8, 4) is 11.5 Å². The molecule has 2 aromatic rings. The summed E-state index contributed by atoms with van der Waals surface area (Å²) in [6.45, 7) is 3.74. The SMILES string of the molecule is COc1ccc(CCCC(C)NCC(=O)c2ccc(OC(C)=O)c(SC)c2)cc1. The molecule has 0 spiro atoms. The predicted molar refractivity (Wildman–Crippen MR) is 117 cm³/mol. The van der Waals surface area contributed by atoms with Crippen molar-refractivity contribution in [3.05, 3.63) is 53.6 Å². The van der Waals surface area contributed by atoms with Gasteiger partial charge in [-0.15, -0.1) is 11.8 Å². The highest BCUT2D eigenvalue weighted by Gasteiger charge is 2.12. The summed E-state index contributed by atoms with van der Waals surface area (Å²) in [6, 6.07) is 13.5. The standard InChI is InChI=1S/C23H29NO4S/c1-16(6-5-7-18-8-11-20(27-3)12-9-18)24-15-21(26)19-10-13-22(28-17(2)25)23(14-19)29-4/h8-14,16,24H,5-7,15H2,1-4H3. The molecule has 5 nitrogen and oxygen atoms in total. The summed E-state index contributed by atoms with van der Waals surface area (Å²) in [4.78, 5) is 24.5. The van der Waals surface area contributed by atoms with Crippen molar-refractivity contribution >= 4 is 23.5 Å². The second-order valence-corrected chi connectivity index (χ2v) is 7.75. The number of esters is 1. The van der Waals surface area contributed by atoms with Crippen LogP contribution in [0.4, 0.5) is 0 Å². The Kier molecular flexibility index (Phi) is 9.22. The first-order chi connectivity index (χ1) is 13.9. The van der Waals surface area contributed by atoms with Crippen LogP contribution in [0.15, 0.2) is 47.4 Å². The van der Waals surface area contributed by atoms with Crippen LogP contribution in [0.5, 0.6) is 11.5 Å². The predicted octanol–water partition coefficient (Wildman–Crippen LogP) is 4.53. The molecule has 0 radical (unpaired) electrons. The fourth-order valence-corrected chi connectivity index (χ4v) is 3.51. The van der Waals surface area contributed by atoms with Crippen LogP contribution in [0.3, 0.4) is 0 Å². The molecule has 0 amide bonds. The van der Waals surface area contributed by atoms with Crippen LogP contribution in [0.25, 0.3) is 0 Å². The molecule has 0 aliphatic carbocycles. The highest BCUT2D eigenvalue weighted by molar-refractivity contribution is 7.98. The Bertz CT molecular complexity index is 820. The lowest BCUT2D eigenvalue weighted by Crippen LogP contribution is -2.31. The van der Waals surface area contributed by atoms with Crippen molar-refractivity contribution in [1.82, 2.24) is 5.32 Å². The highest BCUT2D eigenvalue weighted by Crippen LogP contribution is 2.29. The first kappa shape index (κ1) is 23.0. The fraction of sp³-hybridized carbons (Fsp3) is 0.391. The summed E-state index contributed by atoms with van der Waals surface area (Å²) in [5.41, 5.74) is 1.90. The molecule has 0 saturated carbocycles. The van der Waals surface area contributed by atoms with Gasteiger partial charge in [0.25, 0.3) is 0 Å². The Balaban J connectivity index is 1.79. The molecule has 1 atom stereocenters. The molecule has 29 heavy (non-hydrogen) atoms. The Morgan fingerprint density at radius 1 is 1.14 bits per heavy atom. The van der Waals surface area contributed by atoms with Crippen molar-refractivity contribution in [3.63, 3.8) is 0 Å². The summed E-state index contributed by atoms with van der Waals surface area (Å²) in [5.74, 6) is 1.01. The minimum atomic E-state index is -0.371. The number of carbonyl (C=O) groups is 2. The van der Waals surface area contributed by atoms with E-state index in [0.29, 0.717) is 11.3 Å². The molecular weight excluding hydrogens is 386 g/mol. The zero-order chi connectivity index (χ0) is 21.2. The van der Waals surface area contributed by atoms with Gasteiger partial charge in [-0.3, -0.25) is 9.59 Å². The molecule has 1 unspecified atom stereocenters. The molecule has 0 aliphatic heterocycles. The second-order valence-electron chi connectivity index (χ2n) is 6.90. The lowest BCUT2D eigenvalue weighted by molar-refractivity contribution is -0.132. The van der Waals surface area contributed by atoms with Crippen molar-refractivity contribution in [2.45, 2.75) is 44.0 Å². The van der Waals surface area contributed by atoms with Crippen LogP contribution in [0, 0.1) is 0 Å². The monoisotopic (exact) mass is 415 g/mol. The zero-order valence-corrected chi connectivity index (χ0v) is 18.3. The van der Waals surface area contributed by atoms with Gasteiger partial charge in [-0.2, -0.15) is 0 Å². The van der Waals surface area contributed by atoms with Gasteiger partial charge in [0, 0.05) is 18.5 Å². The fourth-order valence-electron chi connectivity index (χ4n) is 2.96. The molecule has 2 rings (SSSR count). The Morgan fingerprint density at radius 3 is 2.48 bits per heavy atom. The van der Waals surface area contributed by atoms with Crippen LogP contribution < -0.4 is 14.8 Å². The minimum absolute atomic E-state index is 0.0247. The van der Waals surface area contributed by atoms with E-state index in [2.05, 4.69) is 24.4 Å². The lowest BCUT2D eigenvalue weighted by atomic mass is 10.0. The van der Waals surface area contributed by atoms with E-state index in [-0.39, 0.29) is 24.3 Å². The number of thioether (sulfide) groups is 1. The first-order valence-corrected chi connectivity index (χ1v) is 10.9. The van der Waals surface area contributed by atoms with E-state index in [1.807, 2.05) is 18.4 Å². The lowest BCUT2D eigenvalue weighted by Gasteiger charge is -2.14. The summed E-state index contributed by atoms with van der Waals surface area (Å²) >= 11 is 1.45. The van der Waals surface area contributed by atoms with Crippen molar-refractivity contribution in [2.75, 3.05) is 19.9 Å². The summed E-state index contributed by atoms with van der Waals surface area (Å²) < 4.78 is 10.3. The number of carbonyl (C=O) groups excluding carboxylic acids is 2. The summed E-state index contributed by atoms with van der Waals surface area (Å²) in [7, 11) is 1.67. The molecule has 0 saturated heterocycles. The van der Waals surface area contributed by atoms with Crippen molar-refractivity contribution < 1.29 is 19.1 Å². The summed E-state index contributed by atoms with van der Waals surface area (Å²) in [5, 5.41) is 3.31. The van der Waals surface area contributed by atoms with Gasteiger partial charge in [0.2, 0.25) is 0 Å². The Hall–Kier alpha value is -2.31. The van der Waals surface area contributed by atoms with Crippen molar-refractivity contribution in [2.24, 2.45) is 0 Å². The average molecular weight is 416 g/mol. The third kappa shape index (κ3) is 7.55. The molecular formula is C23H29NO4S. The van der Waals surface area contributed by atoms with E-state index in [1.165, 1.54) is 24.2 Å². The normalized spacial score (nSPS) is 11.7. The van der Waals surface area contributed by atoms with E-state index >= 15 is 0 Å². The zero-order valence-electron chi connectivity index (χ0n) is 17.5. The molecule has 2 aromatic carbocycles. The molecule has 0 aliphatic rings. The topological polar surface area (TPSA) is 64.6 Å². The maximum Gasteiger partial charge on any atom is 0.308 e. The number of hydrogen-bond acceptors (Lipinski definition) is 6. The van der Waals surface area contributed by atoms with E-state index in [0.717, 1.165) is 29.9 Å². The van der Waals surface area contributed by atoms with Crippen LogP contribution in [-0.4, -0.2) is 37.7 Å². The molecule has 1 N–H and O–H groups in total. The van der Waals surface area contributed by atoms with E-state index < -0.39 is 0 Å². The molecule has 0 aromatic heterocycles. The average Bonchev–Trinajstić information content (AvgIpc) is 2.72. The summed E-state index contributed by atoms with van der Waals surface area (Å²) in [6.07, 6.45) is 4.92. The van der Waals surface area contributed by atoms with Gasteiger partial charge in [0.05, 0.1) is 18.6 Å². The molecule has 0 bridgehead atoms. The van der Waals surface area contributed by atoms with E-state index in [1.54, 1.807) is 25.3 Å². The molecule has 156 valence electrons. The smallest absolute Gasteiger partial charge is 0.308 e. The maximum atomic E-state index is 12.5. The Labute approximate surface area is 177 Å². The van der Waals surface area contributed by atoms with E-state index in [9.17, 15) is 9.59 Å². The number of rotatable bonds is 11. The Morgan fingerprint density at radius 2 is 1.86 bits per heavy atom. The number of hydrogen-bond donors (Lipinski definition) is 1. The maximum absolute atomic E-state index is 12.5.